The maximum Gasteiger partial charge on any atom is 0.264 e. The van der Waals surface area contributed by atoms with Crippen molar-refractivity contribution in [2.75, 3.05) is 16.4 Å². The molecule has 254 valence electrons. The molecule has 2 aliphatic heterocycles. The zero-order valence-electron chi connectivity index (χ0n) is 28.1. The molecule has 6 aromatic rings. The molecule has 0 saturated carbocycles. The summed E-state index contributed by atoms with van der Waals surface area (Å²) in [7, 11) is 0. The van der Waals surface area contributed by atoms with Gasteiger partial charge < -0.3 is 15.1 Å². The fourth-order valence-corrected chi connectivity index (χ4v) is 7.45. The number of aromatic nitrogens is 3. The summed E-state index contributed by atoms with van der Waals surface area (Å²) >= 11 is 0. The number of carbonyl (C=O) groups is 2. The fourth-order valence-electron chi connectivity index (χ4n) is 7.45. The third-order valence-electron chi connectivity index (χ3n) is 10.2. The number of nitrogens with zero attached hydrogens (tertiary/aromatic N) is 5. The number of rotatable bonds is 11. The molecule has 1 aromatic heterocycles. The van der Waals surface area contributed by atoms with Crippen molar-refractivity contribution >= 4 is 39.6 Å². The third kappa shape index (κ3) is 5.51. The number of anilines is 3. The Kier molecular flexibility index (Phi) is 8.30. The molecule has 5 aromatic carbocycles. The Morgan fingerprint density at radius 2 is 1.57 bits per heavy atom. The lowest BCUT2D eigenvalue weighted by Crippen LogP contribution is -2.44. The average molecular weight is 676 g/mol. The molecule has 9 nitrogen and oxygen atoms in total. The summed E-state index contributed by atoms with van der Waals surface area (Å²) in [6, 6.07) is 36.5. The number of amides is 2. The molecule has 0 aliphatic carbocycles. The Hall–Kier alpha value is -5.90. The van der Waals surface area contributed by atoms with Crippen LogP contribution in [0.15, 0.2) is 134 Å². The van der Waals surface area contributed by atoms with E-state index in [4.69, 9.17) is 0 Å². The number of hydrogen-bond donors (Lipinski definition) is 2. The van der Waals surface area contributed by atoms with E-state index < -0.39 is 11.5 Å². The average Bonchev–Trinajstić information content (AvgIpc) is 3.81. The molecule has 0 bridgehead atoms. The van der Waals surface area contributed by atoms with Gasteiger partial charge in [-0.3, -0.25) is 19.2 Å². The number of para-hydroxylation sites is 1. The minimum atomic E-state index is -1.73. The summed E-state index contributed by atoms with van der Waals surface area (Å²) in [5.41, 5.74) is 4.38. The lowest BCUT2D eigenvalue weighted by Gasteiger charge is -2.27. The Morgan fingerprint density at radius 3 is 2.35 bits per heavy atom. The van der Waals surface area contributed by atoms with E-state index in [2.05, 4.69) is 10.3 Å². The quantitative estimate of drug-likeness (QED) is 0.145. The molecule has 51 heavy (non-hydrogen) atoms. The summed E-state index contributed by atoms with van der Waals surface area (Å²) in [4.78, 5) is 30.9. The van der Waals surface area contributed by atoms with E-state index in [9.17, 15) is 19.8 Å². The second-order valence-corrected chi connectivity index (χ2v) is 13.2. The normalized spacial score (nSPS) is 17.9. The Balaban J connectivity index is 0.955. The van der Waals surface area contributed by atoms with E-state index in [1.54, 1.807) is 14.5 Å². The monoisotopic (exact) mass is 675 g/mol. The standard InChI is InChI=1S/C42H37N5O4/c1-28(11-7-8-24-45-26-36(43-44-45)34(27-48)30-12-3-2-4-13-30)42(51)35-17-5-6-18-37(35)46(41(42)50)25-29-20-22-32(23-21-29)47-38-19-10-15-31-14-9-16-33(39(31)38)40(47)49/h2-7,9-23,26,28,34,48,51H,8,24-25,27H2,1H3/b11-7+/t28-,34?,42+/m1/s1. The second kappa shape index (κ2) is 13.1. The summed E-state index contributed by atoms with van der Waals surface area (Å²) in [6.07, 6.45) is 6.31. The zero-order valence-corrected chi connectivity index (χ0v) is 28.1. The van der Waals surface area contributed by atoms with E-state index in [-0.39, 0.29) is 30.9 Å². The van der Waals surface area contributed by atoms with Crippen molar-refractivity contribution in [1.82, 2.24) is 15.0 Å². The van der Waals surface area contributed by atoms with Crippen molar-refractivity contribution in [2.24, 2.45) is 5.92 Å². The first-order valence-corrected chi connectivity index (χ1v) is 17.2. The van der Waals surface area contributed by atoms with Crippen LogP contribution in [-0.2, 0) is 23.5 Å². The molecule has 2 aliphatic rings. The van der Waals surface area contributed by atoms with Crippen molar-refractivity contribution in [2.45, 2.75) is 38.0 Å². The molecule has 0 fully saturated rings. The molecule has 2 amide bonds. The third-order valence-corrected chi connectivity index (χ3v) is 10.2. The molecule has 2 N–H and O–H groups in total. The highest BCUT2D eigenvalue weighted by molar-refractivity contribution is 6.27. The van der Waals surface area contributed by atoms with Gasteiger partial charge >= 0.3 is 0 Å². The number of allylic oxidation sites excluding steroid dienone is 1. The Labute approximate surface area is 295 Å². The van der Waals surface area contributed by atoms with E-state index in [1.807, 2.05) is 141 Å². The number of fused-ring (bicyclic) bond motifs is 1. The molecule has 1 unspecified atom stereocenters. The molecular weight excluding hydrogens is 638 g/mol. The zero-order chi connectivity index (χ0) is 35.1. The summed E-state index contributed by atoms with van der Waals surface area (Å²) in [5, 5.41) is 32.6. The number of aliphatic hydroxyl groups excluding tert-OH is 1. The number of benzene rings is 5. The Morgan fingerprint density at radius 1 is 0.843 bits per heavy atom. The van der Waals surface area contributed by atoms with Crippen molar-refractivity contribution in [3.8, 4) is 0 Å². The maximum absolute atomic E-state index is 14.1. The predicted octanol–water partition coefficient (Wildman–Crippen LogP) is 6.86. The first-order chi connectivity index (χ1) is 24.9. The van der Waals surface area contributed by atoms with Crippen molar-refractivity contribution in [3.63, 3.8) is 0 Å². The number of aliphatic hydroxyl groups is 2. The first-order valence-electron chi connectivity index (χ1n) is 17.2. The largest absolute Gasteiger partial charge is 0.395 e. The highest BCUT2D eigenvalue weighted by Crippen LogP contribution is 2.46. The van der Waals surface area contributed by atoms with Gasteiger partial charge in [-0.05, 0) is 53.3 Å². The van der Waals surface area contributed by atoms with Gasteiger partial charge in [-0.15, -0.1) is 5.10 Å². The van der Waals surface area contributed by atoms with Gasteiger partial charge in [0, 0.05) is 35.3 Å². The number of carbonyl (C=O) groups excluding carboxylic acids is 2. The topological polar surface area (TPSA) is 112 Å². The lowest BCUT2D eigenvalue weighted by atomic mass is 9.83. The number of hydrogen-bond acceptors (Lipinski definition) is 6. The van der Waals surface area contributed by atoms with Gasteiger partial charge in [-0.1, -0.05) is 109 Å². The highest BCUT2D eigenvalue weighted by Gasteiger charge is 2.52. The summed E-state index contributed by atoms with van der Waals surface area (Å²) in [6.45, 7) is 2.61. The SMILES string of the molecule is C[C@H](/C=C/CCn1cc(C(CO)c2ccccc2)nn1)[C@@]1(O)C(=O)N(Cc2ccc(N3C(=O)c4cccc5cccc3c45)cc2)c2ccccc21. The van der Waals surface area contributed by atoms with Crippen LogP contribution in [0.2, 0.25) is 0 Å². The van der Waals surface area contributed by atoms with Gasteiger partial charge in [0.2, 0.25) is 0 Å². The first kappa shape index (κ1) is 32.3. The van der Waals surface area contributed by atoms with Gasteiger partial charge in [-0.25, -0.2) is 0 Å². The number of aryl methyl sites for hydroxylation is 1. The van der Waals surface area contributed by atoms with Gasteiger partial charge in [0.05, 0.1) is 41.7 Å². The lowest BCUT2D eigenvalue weighted by molar-refractivity contribution is -0.139. The van der Waals surface area contributed by atoms with Crippen LogP contribution in [0.3, 0.4) is 0 Å². The van der Waals surface area contributed by atoms with E-state index >= 15 is 0 Å². The minimum Gasteiger partial charge on any atom is -0.395 e. The minimum absolute atomic E-state index is 0.0604. The molecule has 9 heteroatoms. The highest BCUT2D eigenvalue weighted by atomic mass is 16.3. The van der Waals surface area contributed by atoms with Crippen LogP contribution in [0.1, 0.15) is 52.0 Å². The molecule has 8 rings (SSSR count). The van der Waals surface area contributed by atoms with Gasteiger partial charge in [0.25, 0.3) is 11.8 Å². The molecule has 3 heterocycles. The summed E-state index contributed by atoms with van der Waals surface area (Å²) < 4.78 is 1.74. The van der Waals surface area contributed by atoms with E-state index in [0.29, 0.717) is 35.5 Å². The molecular formula is C42H37N5O4. The van der Waals surface area contributed by atoms with Crippen LogP contribution >= 0.6 is 0 Å². The fraction of sp³-hybridized carbons (Fsp3) is 0.190. The van der Waals surface area contributed by atoms with Crippen LogP contribution in [0.5, 0.6) is 0 Å². The van der Waals surface area contributed by atoms with Gasteiger partial charge in [-0.2, -0.15) is 0 Å². The van der Waals surface area contributed by atoms with Crippen molar-refractivity contribution in [3.05, 3.63) is 162 Å². The molecule has 3 atom stereocenters. The predicted molar refractivity (Wildman–Crippen MR) is 197 cm³/mol. The second-order valence-electron chi connectivity index (χ2n) is 13.2. The molecule has 0 radical (unpaired) electrons. The van der Waals surface area contributed by atoms with Gasteiger partial charge in [0.1, 0.15) is 0 Å². The van der Waals surface area contributed by atoms with Crippen LogP contribution in [0.4, 0.5) is 17.1 Å². The molecule has 0 saturated heterocycles. The van der Waals surface area contributed by atoms with Gasteiger partial charge in [0.15, 0.2) is 5.60 Å². The maximum atomic E-state index is 14.1. The Bertz CT molecular complexity index is 2280. The van der Waals surface area contributed by atoms with Crippen LogP contribution in [0.25, 0.3) is 10.8 Å². The van der Waals surface area contributed by atoms with Crippen LogP contribution < -0.4 is 9.80 Å². The van der Waals surface area contributed by atoms with Crippen molar-refractivity contribution in [1.29, 1.82) is 0 Å². The van der Waals surface area contributed by atoms with E-state index in [0.717, 1.165) is 33.3 Å². The van der Waals surface area contributed by atoms with Crippen LogP contribution in [0, 0.1) is 5.92 Å². The molecule has 0 spiro atoms. The van der Waals surface area contributed by atoms with Crippen LogP contribution in [-0.4, -0.2) is 43.6 Å². The smallest absolute Gasteiger partial charge is 0.264 e. The van der Waals surface area contributed by atoms with E-state index in [1.165, 1.54) is 0 Å². The summed E-state index contributed by atoms with van der Waals surface area (Å²) in [5.74, 6) is -1.19. The van der Waals surface area contributed by atoms with Crippen molar-refractivity contribution < 1.29 is 19.8 Å².